The molecule has 0 aromatic carbocycles. The monoisotopic (exact) mass is 280 g/mol. The van der Waals surface area contributed by atoms with Crippen molar-refractivity contribution < 1.29 is 23.0 Å². The van der Waals surface area contributed by atoms with E-state index in [-0.39, 0.29) is 11.7 Å². The first-order valence-corrected chi connectivity index (χ1v) is 6.70. The van der Waals surface area contributed by atoms with Crippen molar-refractivity contribution in [3.8, 4) is 0 Å². The normalized spacial score (nSPS) is 29.5. The fraction of sp³-hybridized carbons (Fsp3) is 0.667. The van der Waals surface area contributed by atoms with Gasteiger partial charge in [-0.2, -0.15) is 24.5 Å². The van der Waals surface area contributed by atoms with Crippen molar-refractivity contribution in [2.75, 3.05) is 7.11 Å². The second kappa shape index (κ2) is 4.83. The number of hydrogen-bond acceptors (Lipinski definition) is 3. The number of alkyl halides is 3. The number of halogens is 3. The van der Waals surface area contributed by atoms with E-state index in [2.05, 4.69) is 0 Å². The molecule has 2 nitrogen and oxygen atoms in total. The van der Waals surface area contributed by atoms with E-state index in [1.165, 1.54) is 5.38 Å². The molecule has 1 aliphatic rings. The number of hydrogen-bond donors (Lipinski definition) is 1. The Morgan fingerprint density at radius 2 is 1.94 bits per heavy atom. The van der Waals surface area contributed by atoms with E-state index in [0.29, 0.717) is 25.7 Å². The average Bonchev–Trinajstić information content (AvgIpc) is 2.79. The summed E-state index contributed by atoms with van der Waals surface area (Å²) in [5.74, 6) is 0. The van der Waals surface area contributed by atoms with E-state index in [4.69, 9.17) is 4.74 Å². The summed E-state index contributed by atoms with van der Waals surface area (Å²) in [5, 5.41) is 12.9. The van der Waals surface area contributed by atoms with Gasteiger partial charge in [-0.25, -0.2) is 0 Å². The zero-order valence-electron chi connectivity index (χ0n) is 9.96. The summed E-state index contributed by atoms with van der Waals surface area (Å²) in [6, 6.07) is 0. The van der Waals surface area contributed by atoms with Crippen LogP contribution in [0.2, 0.25) is 0 Å². The van der Waals surface area contributed by atoms with E-state index < -0.39 is 17.3 Å². The molecule has 0 spiro atoms. The molecule has 6 heteroatoms. The van der Waals surface area contributed by atoms with Gasteiger partial charge in [-0.3, -0.25) is 0 Å². The maximum absolute atomic E-state index is 12.8. The topological polar surface area (TPSA) is 29.5 Å². The van der Waals surface area contributed by atoms with Crippen molar-refractivity contribution in [3.63, 3.8) is 0 Å². The quantitative estimate of drug-likeness (QED) is 0.897. The fourth-order valence-electron chi connectivity index (χ4n) is 2.45. The lowest BCUT2D eigenvalue weighted by atomic mass is 9.78. The molecule has 1 saturated carbocycles. The van der Waals surface area contributed by atoms with Crippen LogP contribution in [0.1, 0.15) is 36.8 Å². The summed E-state index contributed by atoms with van der Waals surface area (Å²) in [4.78, 5) is 0. The Morgan fingerprint density at radius 1 is 1.33 bits per heavy atom. The van der Waals surface area contributed by atoms with Crippen LogP contribution in [-0.4, -0.2) is 18.3 Å². The van der Waals surface area contributed by atoms with E-state index >= 15 is 0 Å². The Kier molecular flexibility index (Phi) is 3.71. The van der Waals surface area contributed by atoms with Gasteiger partial charge in [0.05, 0.1) is 17.3 Å². The largest absolute Gasteiger partial charge is 0.417 e. The molecule has 0 unspecified atom stereocenters. The number of aliphatic hydroxyl groups is 1. The average molecular weight is 280 g/mol. The van der Waals surface area contributed by atoms with Crippen molar-refractivity contribution in [1.29, 1.82) is 0 Å². The molecule has 1 aromatic heterocycles. The van der Waals surface area contributed by atoms with Gasteiger partial charge in [0.25, 0.3) is 0 Å². The predicted octanol–water partition coefficient (Wildman–Crippen LogP) is 3.54. The van der Waals surface area contributed by atoms with Crippen LogP contribution in [0.4, 0.5) is 13.2 Å². The van der Waals surface area contributed by atoms with Gasteiger partial charge >= 0.3 is 6.18 Å². The second-order valence-corrected chi connectivity index (χ2v) is 5.41. The third-order valence-electron chi connectivity index (χ3n) is 3.56. The van der Waals surface area contributed by atoms with Crippen LogP contribution in [0.25, 0.3) is 0 Å². The second-order valence-electron chi connectivity index (χ2n) is 4.66. The van der Waals surface area contributed by atoms with Crippen LogP contribution in [-0.2, 0) is 16.5 Å². The first kappa shape index (κ1) is 13.8. The van der Waals surface area contributed by atoms with Gasteiger partial charge in [-0.15, -0.1) is 0 Å². The highest BCUT2D eigenvalue weighted by Crippen LogP contribution is 2.45. The zero-order valence-corrected chi connectivity index (χ0v) is 10.8. The minimum Gasteiger partial charge on any atom is -0.385 e. The lowest BCUT2D eigenvalue weighted by molar-refractivity contribution is -0.141. The summed E-state index contributed by atoms with van der Waals surface area (Å²) < 4.78 is 43.6. The van der Waals surface area contributed by atoms with Gasteiger partial charge in [0.2, 0.25) is 0 Å². The van der Waals surface area contributed by atoms with Crippen molar-refractivity contribution in [3.05, 3.63) is 21.9 Å². The third-order valence-corrected chi connectivity index (χ3v) is 4.31. The molecular formula is C12H15F3O2S. The highest BCUT2D eigenvalue weighted by atomic mass is 32.1. The van der Waals surface area contributed by atoms with Crippen molar-refractivity contribution in [1.82, 2.24) is 0 Å². The van der Waals surface area contributed by atoms with Gasteiger partial charge < -0.3 is 9.84 Å². The Balaban J connectivity index is 2.24. The Bertz CT molecular complexity index is 406. The Labute approximate surface area is 107 Å². The predicted molar refractivity (Wildman–Crippen MR) is 62.5 cm³/mol. The summed E-state index contributed by atoms with van der Waals surface area (Å²) in [5.41, 5.74) is -2.04. The van der Waals surface area contributed by atoms with E-state index in [9.17, 15) is 18.3 Å². The molecule has 1 heterocycles. The molecule has 0 radical (unpaired) electrons. The first-order valence-electron chi connectivity index (χ1n) is 5.76. The molecule has 1 fully saturated rings. The standard InChI is InChI=1S/C12H15F3O2S/c1-17-8-2-4-11(16,5-3-8)9-6-18-7-10(9)12(13,14)15/h6-8,16H,2-5H2,1H3. The van der Waals surface area contributed by atoms with Crippen molar-refractivity contribution in [2.45, 2.75) is 43.6 Å². The molecule has 0 atom stereocenters. The zero-order chi connectivity index (χ0) is 13.4. The number of methoxy groups -OCH3 is 1. The maximum Gasteiger partial charge on any atom is 0.417 e. The lowest BCUT2D eigenvalue weighted by Crippen LogP contribution is -2.35. The van der Waals surface area contributed by atoms with Crippen LogP contribution >= 0.6 is 11.3 Å². The Hall–Kier alpha value is -0.590. The molecule has 0 saturated heterocycles. The van der Waals surface area contributed by atoms with Gasteiger partial charge in [0.15, 0.2) is 0 Å². The first-order chi connectivity index (χ1) is 8.37. The molecule has 0 amide bonds. The molecule has 0 bridgehead atoms. The van der Waals surface area contributed by atoms with E-state index in [0.717, 1.165) is 16.7 Å². The van der Waals surface area contributed by atoms with Crippen LogP contribution in [0.3, 0.4) is 0 Å². The third kappa shape index (κ3) is 2.55. The van der Waals surface area contributed by atoms with Crippen LogP contribution in [0.5, 0.6) is 0 Å². The minimum atomic E-state index is -4.40. The maximum atomic E-state index is 12.8. The minimum absolute atomic E-state index is 0.0227. The number of rotatable bonds is 2. The van der Waals surface area contributed by atoms with Crippen LogP contribution in [0, 0.1) is 0 Å². The van der Waals surface area contributed by atoms with Gasteiger partial charge in [-0.1, -0.05) is 0 Å². The molecule has 1 aromatic rings. The molecule has 1 N–H and O–H groups in total. The Morgan fingerprint density at radius 3 is 2.44 bits per heavy atom. The molecular weight excluding hydrogens is 265 g/mol. The summed E-state index contributed by atoms with van der Waals surface area (Å²) in [6.07, 6.45) is -2.57. The van der Waals surface area contributed by atoms with E-state index in [1.807, 2.05) is 0 Å². The molecule has 2 rings (SSSR count). The molecule has 0 aliphatic heterocycles. The smallest absolute Gasteiger partial charge is 0.385 e. The van der Waals surface area contributed by atoms with Gasteiger partial charge in [-0.05, 0) is 31.1 Å². The van der Waals surface area contributed by atoms with Crippen LogP contribution in [0.15, 0.2) is 10.8 Å². The number of ether oxygens (including phenoxy) is 1. The van der Waals surface area contributed by atoms with Gasteiger partial charge in [0, 0.05) is 18.1 Å². The molecule has 18 heavy (non-hydrogen) atoms. The summed E-state index contributed by atoms with van der Waals surface area (Å²) >= 11 is 0.981. The van der Waals surface area contributed by atoms with Gasteiger partial charge in [0.1, 0.15) is 0 Å². The summed E-state index contributed by atoms with van der Waals surface area (Å²) in [6.45, 7) is 0. The fourth-order valence-corrected chi connectivity index (χ4v) is 3.40. The van der Waals surface area contributed by atoms with E-state index in [1.54, 1.807) is 7.11 Å². The summed E-state index contributed by atoms with van der Waals surface area (Å²) in [7, 11) is 1.58. The van der Waals surface area contributed by atoms with Crippen LogP contribution < -0.4 is 0 Å². The lowest BCUT2D eigenvalue weighted by Gasteiger charge is -2.36. The van der Waals surface area contributed by atoms with Crippen molar-refractivity contribution in [2.24, 2.45) is 0 Å². The van der Waals surface area contributed by atoms with Crippen molar-refractivity contribution >= 4 is 11.3 Å². The number of thiophene rings is 1. The molecule has 1 aliphatic carbocycles. The molecule has 102 valence electrons. The highest BCUT2D eigenvalue weighted by Gasteiger charge is 2.43. The highest BCUT2D eigenvalue weighted by molar-refractivity contribution is 7.08. The SMILES string of the molecule is COC1CCC(O)(c2cscc2C(F)(F)F)CC1.